The van der Waals surface area contributed by atoms with E-state index in [-0.39, 0.29) is 5.91 Å². The molecule has 3 heterocycles. The molecule has 2 aromatic heterocycles. The second-order valence-electron chi connectivity index (χ2n) is 7.70. The first-order valence-corrected chi connectivity index (χ1v) is 9.43. The highest BCUT2D eigenvalue weighted by atomic mass is 16.2. The Hall–Kier alpha value is -2.22. The van der Waals surface area contributed by atoms with Crippen LogP contribution < -0.4 is 0 Å². The van der Waals surface area contributed by atoms with Gasteiger partial charge in [0.25, 0.3) is 0 Å². The van der Waals surface area contributed by atoms with Gasteiger partial charge < -0.3 is 18.9 Å². The third-order valence-corrected chi connectivity index (χ3v) is 5.25. The Bertz CT molecular complexity index is 740. The van der Waals surface area contributed by atoms with E-state index in [0.29, 0.717) is 18.5 Å². The Kier molecular flexibility index (Phi) is 4.76. The Balaban J connectivity index is 1.40. The molecule has 1 amide bonds. The van der Waals surface area contributed by atoms with E-state index in [4.69, 9.17) is 0 Å². The largest absolute Gasteiger partial charge is 0.341 e. The predicted molar refractivity (Wildman–Crippen MR) is 96.5 cm³/mol. The Morgan fingerprint density at radius 2 is 1.96 bits per heavy atom. The summed E-state index contributed by atoms with van der Waals surface area (Å²) in [5.41, 5.74) is 0. The first-order chi connectivity index (χ1) is 12.6. The van der Waals surface area contributed by atoms with E-state index in [0.717, 1.165) is 44.1 Å². The number of nitrogens with zero attached hydrogens (tertiary/aromatic N) is 7. The lowest BCUT2D eigenvalue weighted by Crippen LogP contribution is -2.40. The summed E-state index contributed by atoms with van der Waals surface area (Å²) in [6.07, 6.45) is 9.60. The van der Waals surface area contributed by atoms with Crippen molar-refractivity contribution in [1.29, 1.82) is 0 Å². The van der Waals surface area contributed by atoms with Crippen LogP contribution in [0.1, 0.15) is 49.3 Å². The molecule has 0 spiro atoms. The van der Waals surface area contributed by atoms with Gasteiger partial charge in [-0.1, -0.05) is 0 Å². The van der Waals surface area contributed by atoms with E-state index in [9.17, 15) is 4.79 Å². The third kappa shape index (κ3) is 3.65. The van der Waals surface area contributed by atoms with Crippen LogP contribution in [0.15, 0.2) is 18.7 Å². The first kappa shape index (κ1) is 17.2. The Labute approximate surface area is 153 Å². The molecule has 26 heavy (non-hydrogen) atoms. The second kappa shape index (κ2) is 7.19. The van der Waals surface area contributed by atoms with Gasteiger partial charge in [-0.25, -0.2) is 4.98 Å². The number of carbonyl (C=O) groups is 1. The van der Waals surface area contributed by atoms with Gasteiger partial charge in [0, 0.05) is 37.4 Å². The van der Waals surface area contributed by atoms with E-state index >= 15 is 0 Å². The maximum Gasteiger partial charge on any atom is 0.242 e. The quantitative estimate of drug-likeness (QED) is 0.779. The minimum Gasteiger partial charge on any atom is -0.341 e. The first-order valence-electron chi connectivity index (χ1n) is 9.43. The van der Waals surface area contributed by atoms with E-state index in [1.165, 1.54) is 12.8 Å². The van der Waals surface area contributed by atoms with Gasteiger partial charge in [0.15, 0.2) is 0 Å². The van der Waals surface area contributed by atoms with Crippen molar-refractivity contribution in [2.75, 3.05) is 27.2 Å². The minimum absolute atomic E-state index is 0.165. The maximum atomic E-state index is 12.5. The maximum absolute atomic E-state index is 12.5. The zero-order chi connectivity index (χ0) is 18.1. The van der Waals surface area contributed by atoms with Crippen LogP contribution in [-0.4, -0.2) is 67.2 Å². The number of likely N-dealkylation sites (tertiary alicyclic amines) is 1. The summed E-state index contributed by atoms with van der Waals surface area (Å²) in [4.78, 5) is 20.6. The summed E-state index contributed by atoms with van der Waals surface area (Å²) in [5.74, 6) is 2.77. The molecule has 0 bridgehead atoms. The minimum atomic E-state index is 0.165. The van der Waals surface area contributed by atoms with Gasteiger partial charge in [-0.05, 0) is 39.8 Å². The van der Waals surface area contributed by atoms with Gasteiger partial charge in [0.1, 0.15) is 18.2 Å². The summed E-state index contributed by atoms with van der Waals surface area (Å²) in [7, 11) is 4.13. The van der Waals surface area contributed by atoms with Gasteiger partial charge in [-0.2, -0.15) is 0 Å². The lowest BCUT2D eigenvalue weighted by atomic mass is 9.95. The summed E-state index contributed by atoms with van der Waals surface area (Å²) < 4.78 is 4.21. The van der Waals surface area contributed by atoms with Gasteiger partial charge in [-0.3, -0.25) is 4.79 Å². The van der Waals surface area contributed by atoms with Crippen molar-refractivity contribution in [3.05, 3.63) is 30.4 Å². The van der Waals surface area contributed by atoms with Gasteiger partial charge >= 0.3 is 0 Å². The number of aromatic nitrogens is 5. The van der Waals surface area contributed by atoms with Gasteiger partial charge in [0.2, 0.25) is 5.91 Å². The van der Waals surface area contributed by atoms with Crippen molar-refractivity contribution in [3.8, 4) is 0 Å². The molecule has 1 aliphatic heterocycles. The molecule has 2 aromatic rings. The standard InChI is InChI=1S/C18H27N7O/c1-22(2)11-16-20-21-18(25(16)15-3-4-15)14-5-8-24(9-6-14)17(26)12-23-10-7-19-13-23/h7,10,13-15H,3-6,8-9,11-12H2,1-2H3. The molecule has 0 unspecified atom stereocenters. The number of piperidine rings is 1. The fourth-order valence-electron chi connectivity index (χ4n) is 3.76. The number of amides is 1. The number of imidazole rings is 1. The van der Waals surface area contributed by atoms with Crippen LogP contribution in [0.4, 0.5) is 0 Å². The molecular formula is C18H27N7O. The zero-order valence-corrected chi connectivity index (χ0v) is 15.6. The molecule has 1 saturated heterocycles. The number of rotatable bonds is 6. The normalized spacial score (nSPS) is 18.7. The van der Waals surface area contributed by atoms with E-state index < -0.39 is 0 Å². The van der Waals surface area contributed by atoms with Crippen LogP contribution in [0.2, 0.25) is 0 Å². The van der Waals surface area contributed by atoms with Crippen LogP contribution >= 0.6 is 0 Å². The summed E-state index contributed by atoms with van der Waals surface area (Å²) >= 11 is 0. The topological polar surface area (TPSA) is 72.1 Å². The molecule has 8 nitrogen and oxygen atoms in total. The molecule has 4 rings (SSSR count). The second-order valence-corrected chi connectivity index (χ2v) is 7.70. The molecule has 8 heteroatoms. The van der Waals surface area contributed by atoms with Crippen molar-refractivity contribution in [3.63, 3.8) is 0 Å². The summed E-state index contributed by atoms with van der Waals surface area (Å²) in [6.45, 7) is 2.78. The van der Waals surface area contributed by atoms with E-state index in [1.54, 1.807) is 12.5 Å². The summed E-state index contributed by atoms with van der Waals surface area (Å²) in [5, 5.41) is 9.03. The van der Waals surface area contributed by atoms with Crippen molar-refractivity contribution < 1.29 is 4.79 Å². The smallest absolute Gasteiger partial charge is 0.242 e. The van der Waals surface area contributed by atoms with Crippen LogP contribution in [0.5, 0.6) is 0 Å². The molecule has 0 radical (unpaired) electrons. The number of carbonyl (C=O) groups excluding carboxylic acids is 1. The Morgan fingerprint density at radius 1 is 1.19 bits per heavy atom. The van der Waals surface area contributed by atoms with Crippen LogP contribution in [0.25, 0.3) is 0 Å². The Morgan fingerprint density at radius 3 is 2.58 bits per heavy atom. The van der Waals surface area contributed by atoms with E-state index in [1.807, 2.05) is 15.7 Å². The molecule has 1 saturated carbocycles. The van der Waals surface area contributed by atoms with Gasteiger partial charge in [-0.15, -0.1) is 10.2 Å². The highest BCUT2D eigenvalue weighted by molar-refractivity contribution is 5.76. The van der Waals surface area contributed by atoms with Crippen molar-refractivity contribution in [2.45, 2.75) is 50.7 Å². The zero-order valence-electron chi connectivity index (χ0n) is 15.6. The molecule has 0 atom stereocenters. The summed E-state index contributed by atoms with van der Waals surface area (Å²) in [6, 6.07) is 0.579. The lowest BCUT2D eigenvalue weighted by Gasteiger charge is -2.32. The monoisotopic (exact) mass is 357 g/mol. The molecular weight excluding hydrogens is 330 g/mol. The fourth-order valence-corrected chi connectivity index (χ4v) is 3.76. The van der Waals surface area contributed by atoms with Gasteiger partial charge in [0.05, 0.1) is 12.9 Å². The highest BCUT2D eigenvalue weighted by Gasteiger charge is 2.34. The lowest BCUT2D eigenvalue weighted by molar-refractivity contribution is -0.132. The van der Waals surface area contributed by atoms with Crippen molar-refractivity contribution >= 4 is 5.91 Å². The number of hydrogen-bond donors (Lipinski definition) is 0. The molecule has 0 aromatic carbocycles. The molecule has 140 valence electrons. The van der Waals surface area contributed by atoms with Crippen molar-refractivity contribution in [1.82, 2.24) is 34.1 Å². The van der Waals surface area contributed by atoms with E-state index in [2.05, 4.69) is 38.7 Å². The average Bonchev–Trinajstić information content (AvgIpc) is 3.17. The van der Waals surface area contributed by atoms with Crippen LogP contribution in [-0.2, 0) is 17.9 Å². The van der Waals surface area contributed by atoms with Crippen LogP contribution in [0, 0.1) is 0 Å². The molecule has 2 aliphatic rings. The number of hydrogen-bond acceptors (Lipinski definition) is 5. The third-order valence-electron chi connectivity index (χ3n) is 5.25. The van der Waals surface area contributed by atoms with Crippen LogP contribution in [0.3, 0.4) is 0 Å². The fraction of sp³-hybridized carbons (Fsp3) is 0.667. The van der Waals surface area contributed by atoms with Crippen molar-refractivity contribution in [2.24, 2.45) is 0 Å². The average molecular weight is 357 g/mol. The SMILES string of the molecule is CN(C)Cc1nnc(C2CCN(C(=O)Cn3ccnc3)CC2)n1C1CC1. The predicted octanol–water partition coefficient (Wildman–Crippen LogP) is 1.28. The molecule has 2 fully saturated rings. The highest BCUT2D eigenvalue weighted by Crippen LogP contribution is 2.39. The molecule has 0 N–H and O–H groups in total. The molecule has 1 aliphatic carbocycles.